The molecule has 0 aliphatic heterocycles. The Hall–Kier alpha value is -2.95. The molecule has 1 aromatic rings. The van der Waals surface area contributed by atoms with Crippen molar-refractivity contribution in [2.24, 2.45) is 0 Å². The van der Waals surface area contributed by atoms with E-state index in [-0.39, 0.29) is 25.5 Å². The Morgan fingerprint density at radius 1 is 0.242 bits per heavy atom. The summed E-state index contributed by atoms with van der Waals surface area (Å²) in [5.74, 6) is 1.32. The Morgan fingerprint density at radius 2 is 0.433 bits per heavy atom. The summed E-state index contributed by atoms with van der Waals surface area (Å²) in [5.41, 5.74) is 0.882. The van der Waals surface area contributed by atoms with Gasteiger partial charge in [-0.1, -0.05) is 64.7 Å². The number of unbranched alkanes of at least 4 members (excludes halogenated alkanes) is 9. The topological polar surface area (TPSA) is 336 Å². The Labute approximate surface area is 719 Å². The summed E-state index contributed by atoms with van der Waals surface area (Å²) < 4.78 is 177. The lowest BCUT2D eigenvalue weighted by atomic mass is 10.1. The summed E-state index contributed by atoms with van der Waals surface area (Å²) >= 11 is 0. The molecule has 712 valence electrons. The fourth-order valence-electron chi connectivity index (χ4n) is 10.3. The number of hydrogen-bond donors (Lipinski definition) is 1. The van der Waals surface area contributed by atoms with Crippen LogP contribution in [0.15, 0.2) is 18.2 Å². The van der Waals surface area contributed by atoms with Crippen LogP contribution >= 0.6 is 0 Å². The van der Waals surface area contributed by atoms with Gasteiger partial charge in [-0.25, -0.2) is 0 Å². The van der Waals surface area contributed by atoms with E-state index in [0.29, 0.717) is 414 Å². The van der Waals surface area contributed by atoms with Crippen molar-refractivity contribution in [3.8, 4) is 11.5 Å². The third kappa shape index (κ3) is 91.3. The quantitative estimate of drug-likeness (QED) is 0.0744. The number of benzene rings is 1. The van der Waals surface area contributed by atoms with Crippen molar-refractivity contribution in [3.63, 3.8) is 0 Å². The number of carbonyl (C=O) groups excluding carboxylic acids is 1. The lowest BCUT2D eigenvalue weighted by Crippen LogP contribution is -2.36. The molecule has 120 heavy (non-hydrogen) atoms. The molecule has 1 aromatic carbocycles. The molecule has 0 aromatic heterocycles. The van der Waals surface area contributed by atoms with Crippen LogP contribution in [0.25, 0.3) is 0 Å². The summed E-state index contributed by atoms with van der Waals surface area (Å²) in [6.07, 6.45) is 14.1. The van der Waals surface area contributed by atoms with Crippen LogP contribution in [0.5, 0.6) is 11.5 Å². The maximum absolute atomic E-state index is 12.9. The highest BCUT2D eigenvalue weighted by Gasteiger charge is 2.16. The van der Waals surface area contributed by atoms with Crippen molar-refractivity contribution >= 4 is 5.91 Å². The Kier molecular flexibility index (Phi) is 98.9. The number of aliphatic hydroxyl groups is 1. The van der Waals surface area contributed by atoms with Crippen molar-refractivity contribution in [2.45, 2.75) is 84.0 Å². The lowest BCUT2D eigenvalue weighted by molar-refractivity contribution is -0.132. The van der Waals surface area contributed by atoms with Crippen LogP contribution in [-0.2, 0) is 153 Å². The monoisotopic (exact) mass is 1740 g/mol. The van der Waals surface area contributed by atoms with E-state index in [9.17, 15) is 9.90 Å². The largest absolute Gasteiger partial charge is 0.497 e. The minimum absolute atomic E-state index is 0.0735. The number of methoxy groups -OCH3 is 2. The van der Waals surface area contributed by atoms with Gasteiger partial charge < -0.3 is 162 Å². The molecule has 1 rings (SSSR count). The van der Waals surface area contributed by atoms with Gasteiger partial charge in [0.15, 0.2) is 0 Å². The van der Waals surface area contributed by atoms with Gasteiger partial charge in [0.1, 0.15) is 11.5 Å². The van der Waals surface area contributed by atoms with Crippen LogP contribution in [0.4, 0.5) is 0 Å². The first-order valence-corrected chi connectivity index (χ1v) is 44.1. The molecule has 1 amide bonds. The van der Waals surface area contributed by atoms with E-state index in [0.717, 1.165) is 18.6 Å². The summed E-state index contributed by atoms with van der Waals surface area (Å²) in [6.45, 7) is 31.8. The molecule has 0 heterocycles. The van der Waals surface area contributed by atoms with Gasteiger partial charge >= 0.3 is 0 Å². The molecule has 1 N–H and O–H groups in total. The summed E-state index contributed by atoms with van der Waals surface area (Å²) in [6, 6.07) is 5.50. The summed E-state index contributed by atoms with van der Waals surface area (Å²) in [4.78, 5) is 14.5. The van der Waals surface area contributed by atoms with Crippen LogP contribution in [0.2, 0.25) is 0 Å². The van der Waals surface area contributed by atoms with Gasteiger partial charge in [-0.05, 0) is 36.6 Å². The maximum Gasteiger partial charge on any atom is 0.223 e. The first kappa shape index (κ1) is 115. The number of aryl methyl sites for hydroxylation is 1. The average Bonchev–Trinajstić information content (AvgIpc) is 0.861. The van der Waals surface area contributed by atoms with Crippen molar-refractivity contribution < 1.29 is 161 Å². The number of hydrogen-bond acceptors (Lipinski definition) is 34. The summed E-state index contributed by atoms with van der Waals surface area (Å²) in [5, 5.41) is 9.47. The molecule has 35 heteroatoms. The zero-order chi connectivity index (χ0) is 85.7. The molecule has 0 saturated carbocycles. The number of nitrogens with zero attached hydrogens (tertiary/aromatic N) is 1. The summed E-state index contributed by atoms with van der Waals surface area (Å²) in [7, 11) is 3.19. The molecular formula is C85H163NO34. The zero-order valence-corrected chi connectivity index (χ0v) is 74.1. The molecule has 0 radical (unpaired) electrons. The predicted octanol–water partition coefficient (Wildman–Crippen LogP) is 5.88. The average molecular weight is 1740 g/mol. The van der Waals surface area contributed by atoms with Crippen molar-refractivity contribution in [3.05, 3.63) is 23.8 Å². The molecule has 0 spiro atoms. The second-order valence-corrected chi connectivity index (χ2v) is 26.3. The molecule has 0 atom stereocenters. The fraction of sp³-hybridized carbons (Fsp3) is 0.918. The van der Waals surface area contributed by atoms with Crippen molar-refractivity contribution in [1.82, 2.24) is 4.90 Å². The molecule has 0 saturated heterocycles. The highest BCUT2D eigenvalue weighted by Crippen LogP contribution is 2.25. The van der Waals surface area contributed by atoms with Crippen LogP contribution in [-0.4, -0.2) is 446 Å². The molecule has 35 nitrogen and oxygen atoms in total. The SMILES string of the molecule is CCCCCCCCCCCCOCCOCCOCCOCCOCCOCCOCCOCCOCCOCCOCCOCCOCCOCCOCCOCCOCCOCCOCCOCCOCCOCCOCCOCCOCCOCCOCCOCCOCCOCCN(CCO)C(=O)CCc1cc(OC)ccc1OC. The number of amides is 1. The van der Waals surface area contributed by atoms with Crippen LogP contribution in [0.3, 0.4) is 0 Å². The third-order valence-electron chi connectivity index (χ3n) is 16.8. The van der Waals surface area contributed by atoms with Crippen molar-refractivity contribution in [2.75, 3.05) is 430 Å². The van der Waals surface area contributed by atoms with E-state index in [2.05, 4.69) is 6.92 Å². The van der Waals surface area contributed by atoms with E-state index in [1.807, 2.05) is 18.2 Å². The minimum atomic E-state index is -0.128. The Balaban J connectivity index is 1.62. The molecule has 0 unspecified atom stereocenters. The number of aliphatic hydroxyl groups excluding tert-OH is 1. The highest BCUT2D eigenvalue weighted by atomic mass is 16.6. The van der Waals surface area contributed by atoms with Crippen LogP contribution in [0.1, 0.15) is 83.1 Å². The second-order valence-electron chi connectivity index (χ2n) is 26.3. The normalized spacial score (nSPS) is 11.7. The van der Waals surface area contributed by atoms with E-state index < -0.39 is 0 Å². The van der Waals surface area contributed by atoms with Gasteiger partial charge in [0.25, 0.3) is 0 Å². The van der Waals surface area contributed by atoms with Gasteiger partial charge in [-0.3, -0.25) is 4.79 Å². The van der Waals surface area contributed by atoms with Crippen molar-refractivity contribution in [1.29, 1.82) is 0 Å². The number of carbonyl (C=O) groups is 1. The number of ether oxygens (including phenoxy) is 32. The maximum atomic E-state index is 12.9. The van der Waals surface area contributed by atoms with Crippen LogP contribution in [0, 0.1) is 0 Å². The third-order valence-corrected chi connectivity index (χ3v) is 16.8. The predicted molar refractivity (Wildman–Crippen MR) is 448 cm³/mol. The zero-order valence-electron chi connectivity index (χ0n) is 74.1. The van der Waals surface area contributed by atoms with Gasteiger partial charge in [0.2, 0.25) is 5.91 Å². The minimum Gasteiger partial charge on any atom is -0.497 e. The lowest BCUT2D eigenvalue weighted by Gasteiger charge is -2.22. The van der Waals surface area contributed by atoms with Crippen LogP contribution < -0.4 is 9.47 Å². The molecule has 0 fully saturated rings. The van der Waals surface area contributed by atoms with Gasteiger partial charge in [0.05, 0.1) is 411 Å². The molecule has 0 aliphatic rings. The van der Waals surface area contributed by atoms with E-state index in [1.54, 1.807) is 19.1 Å². The van der Waals surface area contributed by atoms with E-state index >= 15 is 0 Å². The standard InChI is InChI=1S/C85H163NO34/c1-4-5-6-7-8-9-10-11-12-13-21-91-23-25-93-27-29-95-31-33-97-35-37-99-39-41-101-43-45-103-47-49-105-51-53-107-55-57-109-59-61-111-63-65-113-67-69-115-71-73-117-75-77-119-79-80-120-78-76-118-74-72-116-70-68-114-66-64-112-62-60-110-58-56-108-54-52-106-50-48-104-46-44-102-42-40-100-38-36-98-34-32-96-30-28-94-26-24-92-22-19-86(18-20-87)85(88)17-14-82-81-83(89-2)15-16-84(82)90-3/h15-16,81,87H,4-14,17-80H2,1-3H3. The second kappa shape index (κ2) is 103. The Bertz CT molecular complexity index is 2090. The van der Waals surface area contributed by atoms with Gasteiger partial charge in [-0.2, -0.15) is 0 Å². The fourth-order valence-corrected chi connectivity index (χ4v) is 10.3. The highest BCUT2D eigenvalue weighted by molar-refractivity contribution is 5.76. The first-order chi connectivity index (χ1) is 59.7. The molecular weight excluding hydrogens is 1580 g/mol. The van der Waals surface area contributed by atoms with Gasteiger partial charge in [0, 0.05) is 26.1 Å². The first-order valence-electron chi connectivity index (χ1n) is 44.1. The van der Waals surface area contributed by atoms with Gasteiger partial charge in [-0.15, -0.1) is 0 Å². The molecule has 0 bridgehead atoms. The van der Waals surface area contributed by atoms with E-state index in [4.69, 9.17) is 152 Å². The number of rotatable bonds is 108. The van der Waals surface area contributed by atoms with E-state index in [1.165, 1.54) is 57.8 Å². The Morgan fingerprint density at radius 3 is 0.625 bits per heavy atom. The smallest absolute Gasteiger partial charge is 0.223 e. The molecule has 0 aliphatic carbocycles.